The number of fused-ring (bicyclic) bond motifs is 4. The molecule has 3 fully saturated rings. The van der Waals surface area contributed by atoms with Gasteiger partial charge in [0.05, 0.1) is 23.1 Å². The summed E-state index contributed by atoms with van der Waals surface area (Å²) in [5.74, 6) is -2.58. The largest absolute Gasteiger partial charge is 0.470 e. The second-order valence-corrected chi connectivity index (χ2v) is 21.0. The average molecular weight is 906 g/mol. The van der Waals surface area contributed by atoms with E-state index in [0.717, 1.165) is 43.5 Å². The Morgan fingerprint density at radius 1 is 1.03 bits per heavy atom. The van der Waals surface area contributed by atoms with E-state index in [4.69, 9.17) is 14.1 Å². The number of hydrogen-bond acceptors (Lipinski definition) is 12. The zero-order valence-corrected chi connectivity index (χ0v) is 36.4. The van der Waals surface area contributed by atoms with Crippen LogP contribution in [0.3, 0.4) is 0 Å². The normalized spacial score (nSPS) is 23.0. The third-order valence-corrected chi connectivity index (χ3v) is 15.2. The van der Waals surface area contributed by atoms with Crippen molar-refractivity contribution in [2.45, 2.75) is 107 Å². The minimum absolute atomic E-state index is 0.0550. The molecule has 332 valence electrons. The number of halogens is 3. The van der Waals surface area contributed by atoms with Crippen LogP contribution in [0.4, 0.5) is 18.3 Å². The van der Waals surface area contributed by atoms with Crippen molar-refractivity contribution < 1.29 is 45.1 Å². The van der Waals surface area contributed by atoms with Gasteiger partial charge in [-0.15, -0.1) is 17.9 Å². The summed E-state index contributed by atoms with van der Waals surface area (Å²) in [6.07, 6.45) is 0.740. The Kier molecular flexibility index (Phi) is 10.6. The number of hydrogen-bond donors (Lipinski definition) is 3. The maximum absolute atomic E-state index is 15.0. The number of anilines is 1. The predicted molar refractivity (Wildman–Crippen MR) is 229 cm³/mol. The highest BCUT2D eigenvalue weighted by atomic mass is 32.2. The van der Waals surface area contributed by atoms with Crippen molar-refractivity contribution in [3.8, 4) is 17.3 Å². The molecule has 5 aromatic rings. The van der Waals surface area contributed by atoms with Crippen LogP contribution in [0.2, 0.25) is 0 Å². The molecule has 3 aliphatic carbocycles. The number of ether oxygens (including phenoxy) is 1. The molecule has 9 rings (SSSR count). The molecular weight excluding hydrogens is 860 g/mol. The maximum atomic E-state index is 15.0. The van der Waals surface area contributed by atoms with Gasteiger partial charge in [-0.2, -0.15) is 18.2 Å². The standard InChI is InChI=1S/C44H46F3N7O7S2/c1-5-24-21-43(24,40(57)53-63(58,59)27-18-19-27)52-37(55)30-20-26(22-54(30)39(56)35(42(2,3)4)50-41-48-29-11-7-9-13-32(29)62-41)60-38-34-33(28-10-6-8-12-31(28)61-34)49-36(51-38)23-14-16-25(17-15-23)44(45,46)47/h5-6,8,10,12,14-17,24,26-27,30,35H,1,7,9,11,13,18-22H2,2-4H3,(H,48,50)(H,52,55)(H,53,57)/t24-,26-,30+,35-,43-/m1/s1. The van der Waals surface area contributed by atoms with Crippen LogP contribution in [-0.4, -0.2) is 81.5 Å². The molecule has 3 aromatic heterocycles. The summed E-state index contributed by atoms with van der Waals surface area (Å²) >= 11 is 1.51. The van der Waals surface area contributed by atoms with Gasteiger partial charge in [0, 0.05) is 28.2 Å². The number of rotatable bonds is 12. The van der Waals surface area contributed by atoms with Gasteiger partial charge >= 0.3 is 6.18 Å². The Morgan fingerprint density at radius 3 is 2.43 bits per heavy atom. The van der Waals surface area contributed by atoms with Crippen LogP contribution >= 0.6 is 11.3 Å². The number of amides is 3. The average Bonchev–Trinajstić information content (AvgIpc) is 4.09. The number of alkyl halides is 3. The fourth-order valence-electron chi connectivity index (χ4n) is 8.49. The topological polar surface area (TPSA) is 186 Å². The molecule has 5 atom stereocenters. The summed E-state index contributed by atoms with van der Waals surface area (Å²) in [7, 11) is -3.96. The molecule has 63 heavy (non-hydrogen) atoms. The van der Waals surface area contributed by atoms with Crippen LogP contribution in [-0.2, 0) is 43.4 Å². The Hall–Kier alpha value is -5.56. The summed E-state index contributed by atoms with van der Waals surface area (Å²) in [6, 6.07) is 9.37. The lowest BCUT2D eigenvalue weighted by Gasteiger charge is -2.35. The Morgan fingerprint density at radius 2 is 1.76 bits per heavy atom. The molecule has 0 unspecified atom stereocenters. The highest BCUT2D eigenvalue weighted by molar-refractivity contribution is 7.91. The molecule has 0 bridgehead atoms. The van der Waals surface area contributed by atoms with Gasteiger partial charge in [-0.3, -0.25) is 19.1 Å². The van der Waals surface area contributed by atoms with Gasteiger partial charge in [-0.1, -0.05) is 51.1 Å². The first-order valence-corrected chi connectivity index (χ1v) is 23.3. The molecule has 14 nitrogen and oxygen atoms in total. The van der Waals surface area contributed by atoms with Gasteiger partial charge < -0.3 is 24.7 Å². The van der Waals surface area contributed by atoms with E-state index in [1.165, 1.54) is 39.3 Å². The number of aromatic nitrogens is 3. The van der Waals surface area contributed by atoms with Crippen molar-refractivity contribution in [2.75, 3.05) is 11.9 Å². The van der Waals surface area contributed by atoms with Gasteiger partial charge in [0.15, 0.2) is 11.0 Å². The lowest BCUT2D eigenvalue weighted by molar-refractivity contribution is -0.141. The zero-order valence-electron chi connectivity index (χ0n) is 34.8. The van der Waals surface area contributed by atoms with Crippen LogP contribution in [0.25, 0.3) is 33.5 Å². The minimum atomic E-state index is -4.56. The lowest BCUT2D eigenvalue weighted by Crippen LogP contribution is -2.58. The van der Waals surface area contributed by atoms with Crippen molar-refractivity contribution in [1.82, 2.24) is 29.9 Å². The van der Waals surface area contributed by atoms with Crippen molar-refractivity contribution in [2.24, 2.45) is 11.3 Å². The molecule has 2 saturated carbocycles. The quantitative estimate of drug-likeness (QED) is 0.110. The number of benzene rings is 2. The van der Waals surface area contributed by atoms with Gasteiger partial charge in [0.1, 0.15) is 34.8 Å². The molecule has 4 aliphatic rings. The molecule has 3 N–H and O–H groups in total. The van der Waals surface area contributed by atoms with Gasteiger partial charge in [-0.05, 0) is 74.6 Å². The van der Waals surface area contributed by atoms with Gasteiger partial charge in [0.2, 0.25) is 27.4 Å². The third kappa shape index (κ3) is 8.24. The summed E-state index contributed by atoms with van der Waals surface area (Å²) < 4.78 is 81.2. The molecule has 2 aromatic carbocycles. The molecule has 0 spiro atoms. The first-order valence-electron chi connectivity index (χ1n) is 20.9. The number of carbonyl (C=O) groups excluding carboxylic acids is 3. The van der Waals surface area contributed by atoms with Crippen molar-refractivity contribution >= 4 is 66.3 Å². The van der Waals surface area contributed by atoms with Crippen molar-refractivity contribution in [3.05, 3.63) is 77.3 Å². The fourth-order valence-corrected chi connectivity index (χ4v) is 10.9. The molecule has 4 heterocycles. The summed E-state index contributed by atoms with van der Waals surface area (Å²) in [6.45, 7) is 9.37. The summed E-state index contributed by atoms with van der Waals surface area (Å²) in [5, 5.41) is 6.72. The monoisotopic (exact) mass is 905 g/mol. The van der Waals surface area contributed by atoms with E-state index in [9.17, 15) is 31.2 Å². The number of thiazole rings is 1. The van der Waals surface area contributed by atoms with Crippen LogP contribution in [0, 0.1) is 11.3 Å². The highest BCUT2D eigenvalue weighted by Gasteiger charge is 2.62. The molecule has 19 heteroatoms. The van der Waals surface area contributed by atoms with E-state index in [-0.39, 0.29) is 42.2 Å². The second-order valence-electron chi connectivity index (χ2n) is 17.9. The van der Waals surface area contributed by atoms with Crippen molar-refractivity contribution in [3.63, 3.8) is 0 Å². The molecule has 1 saturated heterocycles. The van der Waals surface area contributed by atoms with E-state index in [0.29, 0.717) is 34.5 Å². The Balaban J connectivity index is 1.07. The van der Waals surface area contributed by atoms with Crippen LogP contribution in [0.1, 0.15) is 75.4 Å². The van der Waals surface area contributed by atoms with E-state index >= 15 is 4.79 Å². The number of furan rings is 1. The van der Waals surface area contributed by atoms with Crippen LogP contribution in [0.5, 0.6) is 5.88 Å². The summed E-state index contributed by atoms with van der Waals surface area (Å²) in [5.41, 5.74) is -0.928. The van der Waals surface area contributed by atoms with E-state index in [2.05, 4.69) is 31.9 Å². The van der Waals surface area contributed by atoms with E-state index in [1.54, 1.807) is 24.3 Å². The first kappa shape index (κ1) is 42.7. The van der Waals surface area contributed by atoms with Gasteiger partial charge in [0.25, 0.3) is 11.8 Å². The number of likely N-dealkylation sites (tertiary alicyclic amines) is 1. The first-order chi connectivity index (χ1) is 29.8. The van der Waals surface area contributed by atoms with Crippen molar-refractivity contribution in [1.29, 1.82) is 0 Å². The number of aryl methyl sites for hydroxylation is 2. The number of para-hydroxylation sites is 1. The third-order valence-electron chi connectivity index (χ3n) is 12.3. The predicted octanol–water partition coefficient (Wildman–Crippen LogP) is 6.94. The molecule has 1 aliphatic heterocycles. The number of nitrogens with one attached hydrogen (secondary N) is 3. The molecular formula is C44H46F3N7O7S2. The Labute approximate surface area is 365 Å². The second kappa shape index (κ2) is 15.6. The number of nitrogens with zero attached hydrogens (tertiary/aromatic N) is 4. The van der Waals surface area contributed by atoms with Crippen LogP contribution < -0.4 is 20.1 Å². The maximum Gasteiger partial charge on any atom is 0.416 e. The van der Waals surface area contributed by atoms with E-state index in [1.807, 2.05) is 20.8 Å². The SMILES string of the molecule is C=C[C@@H]1C[C@]1(NC(=O)[C@@H]1C[C@@H](Oc2nc(-c3ccc(C(F)(F)F)cc3)nc3c2oc2ccccc23)CN1C(=O)[C@@H](Nc1nc2c(s1)CCCC2)C(C)(C)C)C(=O)NS(=O)(=O)C1CC1. The Bertz CT molecular complexity index is 2740. The fraction of sp³-hybridized carbons (Fsp3) is 0.455. The minimum Gasteiger partial charge on any atom is -0.470 e. The molecule has 3 amide bonds. The van der Waals surface area contributed by atoms with Gasteiger partial charge in [-0.25, -0.2) is 18.4 Å². The molecule has 0 radical (unpaired) electrons. The smallest absolute Gasteiger partial charge is 0.416 e. The number of sulfonamides is 1. The lowest BCUT2D eigenvalue weighted by atomic mass is 9.85. The van der Waals surface area contributed by atoms with Crippen LogP contribution in [0.15, 0.2) is 65.6 Å². The van der Waals surface area contributed by atoms with E-state index < -0.39 is 79.8 Å². The number of carbonyl (C=O) groups is 3. The zero-order chi connectivity index (χ0) is 44.6. The summed E-state index contributed by atoms with van der Waals surface area (Å²) in [4.78, 5) is 60.1. The highest BCUT2D eigenvalue weighted by Crippen LogP contribution is 2.46.